The molecular weight excluding hydrogens is 392 g/mol. The van der Waals surface area contributed by atoms with E-state index in [4.69, 9.17) is 0 Å². The summed E-state index contributed by atoms with van der Waals surface area (Å²) in [5.41, 5.74) is 6.12. The lowest BCUT2D eigenvalue weighted by Gasteiger charge is -2.11. The molecule has 0 unspecified atom stereocenters. The number of nitrogens with one attached hydrogen (secondary N) is 3. The molecule has 0 spiro atoms. The summed E-state index contributed by atoms with van der Waals surface area (Å²) in [4.78, 5) is 34.1. The fourth-order valence-electron chi connectivity index (χ4n) is 1.97. The second-order valence-electron chi connectivity index (χ2n) is 5.09. The van der Waals surface area contributed by atoms with Gasteiger partial charge in [-0.05, 0) is 40.5 Å². The first-order chi connectivity index (χ1) is 11.9. The van der Waals surface area contributed by atoms with Gasteiger partial charge in [-0.1, -0.05) is 18.2 Å². The third-order valence-corrected chi connectivity index (χ3v) is 4.00. The van der Waals surface area contributed by atoms with E-state index < -0.39 is 16.7 Å². The van der Waals surface area contributed by atoms with Gasteiger partial charge in [0.15, 0.2) is 0 Å². The lowest BCUT2D eigenvalue weighted by Crippen LogP contribution is -2.44. The lowest BCUT2D eigenvalue weighted by atomic mass is 10.2. The van der Waals surface area contributed by atoms with Crippen LogP contribution in [0.3, 0.4) is 0 Å². The summed E-state index contributed by atoms with van der Waals surface area (Å²) in [5.74, 6) is -0.960. The molecule has 0 aliphatic rings. The van der Waals surface area contributed by atoms with E-state index in [0.717, 1.165) is 5.56 Å². The second-order valence-corrected chi connectivity index (χ2v) is 5.95. The van der Waals surface area contributed by atoms with Crippen molar-refractivity contribution in [2.24, 2.45) is 0 Å². The average Bonchev–Trinajstić information content (AvgIpc) is 2.59. The third-order valence-electron chi connectivity index (χ3n) is 3.31. The molecule has 9 heteroatoms. The van der Waals surface area contributed by atoms with Crippen LogP contribution in [0.15, 0.2) is 46.9 Å². The Morgan fingerprint density at radius 2 is 1.88 bits per heavy atom. The quantitative estimate of drug-likeness (QED) is 0.521. The molecule has 0 saturated heterocycles. The zero-order valence-electron chi connectivity index (χ0n) is 13.2. The normalized spacial score (nSPS) is 10.0. The number of carbonyl (C=O) groups is 2. The van der Waals surface area contributed by atoms with Crippen molar-refractivity contribution in [2.45, 2.75) is 6.92 Å². The van der Waals surface area contributed by atoms with E-state index in [2.05, 4.69) is 32.1 Å². The van der Waals surface area contributed by atoms with Crippen molar-refractivity contribution in [1.29, 1.82) is 0 Å². The SMILES string of the molecule is Cc1ccc([N+](=O)[O-])cc1NCC(=O)NNC(=O)c1ccccc1Br. The molecule has 0 heterocycles. The number of hydrogen-bond acceptors (Lipinski definition) is 5. The number of halogens is 1. The van der Waals surface area contributed by atoms with E-state index in [1.54, 1.807) is 37.3 Å². The summed E-state index contributed by atoms with van der Waals surface area (Å²) < 4.78 is 0.604. The number of non-ortho nitro benzene ring substituents is 1. The van der Waals surface area contributed by atoms with Crippen LogP contribution >= 0.6 is 15.9 Å². The Bertz CT molecular complexity index is 826. The van der Waals surface area contributed by atoms with Gasteiger partial charge in [0.05, 0.1) is 17.0 Å². The molecule has 0 radical (unpaired) electrons. The van der Waals surface area contributed by atoms with Gasteiger partial charge < -0.3 is 5.32 Å². The van der Waals surface area contributed by atoms with Gasteiger partial charge in [-0.2, -0.15) is 0 Å². The van der Waals surface area contributed by atoms with Crippen molar-refractivity contribution in [3.05, 3.63) is 68.2 Å². The highest BCUT2D eigenvalue weighted by atomic mass is 79.9. The molecule has 0 saturated carbocycles. The highest BCUT2D eigenvalue weighted by Crippen LogP contribution is 2.21. The molecule has 0 aliphatic carbocycles. The largest absolute Gasteiger partial charge is 0.376 e. The topological polar surface area (TPSA) is 113 Å². The average molecular weight is 407 g/mol. The highest BCUT2D eigenvalue weighted by molar-refractivity contribution is 9.10. The van der Waals surface area contributed by atoms with Crippen LogP contribution < -0.4 is 16.2 Å². The maximum absolute atomic E-state index is 12.0. The van der Waals surface area contributed by atoms with Crippen molar-refractivity contribution in [1.82, 2.24) is 10.9 Å². The molecular formula is C16H15BrN4O4. The van der Waals surface area contributed by atoms with Crippen molar-refractivity contribution in [3.8, 4) is 0 Å². The van der Waals surface area contributed by atoms with E-state index in [1.807, 2.05) is 0 Å². The number of benzene rings is 2. The Balaban J connectivity index is 1.89. The van der Waals surface area contributed by atoms with Gasteiger partial charge in [-0.3, -0.25) is 30.6 Å². The number of amides is 2. The standard InChI is InChI=1S/C16H15BrN4O4/c1-10-6-7-11(21(24)25)8-14(10)18-9-15(22)19-20-16(23)12-4-2-3-5-13(12)17/h2-8,18H,9H2,1H3,(H,19,22)(H,20,23). The summed E-state index contributed by atoms with van der Waals surface area (Å²) >= 11 is 3.25. The Hall–Kier alpha value is -2.94. The number of hydrazine groups is 1. The van der Waals surface area contributed by atoms with E-state index in [1.165, 1.54) is 12.1 Å². The van der Waals surface area contributed by atoms with Crippen LogP contribution in [0.2, 0.25) is 0 Å². The molecule has 0 fully saturated rings. The number of rotatable bonds is 5. The summed E-state index contributed by atoms with van der Waals surface area (Å²) in [6.45, 7) is 1.61. The van der Waals surface area contributed by atoms with Gasteiger partial charge in [0, 0.05) is 22.3 Å². The molecule has 0 aliphatic heterocycles. The highest BCUT2D eigenvalue weighted by Gasteiger charge is 2.12. The molecule has 3 N–H and O–H groups in total. The number of hydrogen-bond donors (Lipinski definition) is 3. The Morgan fingerprint density at radius 1 is 1.16 bits per heavy atom. The molecule has 0 bridgehead atoms. The molecule has 8 nitrogen and oxygen atoms in total. The summed E-state index contributed by atoms with van der Waals surface area (Å²) in [7, 11) is 0. The lowest BCUT2D eigenvalue weighted by molar-refractivity contribution is -0.384. The Morgan fingerprint density at radius 3 is 2.56 bits per heavy atom. The van der Waals surface area contributed by atoms with Gasteiger partial charge in [-0.25, -0.2) is 0 Å². The first-order valence-corrected chi connectivity index (χ1v) is 8.00. The van der Waals surface area contributed by atoms with Crippen LogP contribution in [0.25, 0.3) is 0 Å². The number of anilines is 1. The summed E-state index contributed by atoms with van der Waals surface area (Å²) in [6.07, 6.45) is 0. The van der Waals surface area contributed by atoms with Crippen LogP contribution in [-0.4, -0.2) is 23.3 Å². The van der Waals surface area contributed by atoms with Crippen LogP contribution in [-0.2, 0) is 4.79 Å². The van der Waals surface area contributed by atoms with Crippen molar-refractivity contribution in [3.63, 3.8) is 0 Å². The predicted molar refractivity (Wildman–Crippen MR) is 96.1 cm³/mol. The fraction of sp³-hybridized carbons (Fsp3) is 0.125. The fourth-order valence-corrected chi connectivity index (χ4v) is 2.44. The second kappa shape index (κ2) is 8.25. The predicted octanol–water partition coefficient (Wildman–Crippen LogP) is 2.54. The first kappa shape index (κ1) is 18.4. The molecule has 0 atom stereocenters. The molecule has 2 rings (SSSR count). The monoisotopic (exact) mass is 406 g/mol. The van der Waals surface area contributed by atoms with Gasteiger partial charge in [-0.15, -0.1) is 0 Å². The van der Waals surface area contributed by atoms with Gasteiger partial charge >= 0.3 is 0 Å². The minimum atomic E-state index is -0.511. The Labute approximate surface area is 151 Å². The van der Waals surface area contributed by atoms with Crippen molar-refractivity contribution in [2.75, 3.05) is 11.9 Å². The summed E-state index contributed by atoms with van der Waals surface area (Å²) in [6, 6.07) is 11.1. The number of aryl methyl sites for hydroxylation is 1. The smallest absolute Gasteiger partial charge is 0.271 e. The number of nitro benzene ring substituents is 1. The minimum Gasteiger partial charge on any atom is -0.376 e. The van der Waals surface area contributed by atoms with Crippen LogP contribution in [0, 0.1) is 17.0 Å². The third kappa shape index (κ3) is 5.01. The number of nitrogens with zero attached hydrogens (tertiary/aromatic N) is 1. The van der Waals surface area contributed by atoms with Gasteiger partial charge in [0.1, 0.15) is 0 Å². The van der Waals surface area contributed by atoms with E-state index in [0.29, 0.717) is 15.7 Å². The number of carbonyl (C=O) groups excluding carboxylic acids is 2. The zero-order chi connectivity index (χ0) is 18.4. The zero-order valence-corrected chi connectivity index (χ0v) is 14.8. The summed E-state index contributed by atoms with van der Waals surface area (Å²) in [5, 5.41) is 13.6. The van der Waals surface area contributed by atoms with Crippen molar-refractivity contribution < 1.29 is 14.5 Å². The minimum absolute atomic E-state index is 0.0734. The molecule has 25 heavy (non-hydrogen) atoms. The van der Waals surface area contributed by atoms with Crippen LogP contribution in [0.5, 0.6) is 0 Å². The van der Waals surface area contributed by atoms with E-state index in [9.17, 15) is 19.7 Å². The van der Waals surface area contributed by atoms with Crippen LogP contribution in [0.1, 0.15) is 15.9 Å². The maximum atomic E-state index is 12.0. The molecule has 2 aromatic carbocycles. The van der Waals surface area contributed by atoms with E-state index in [-0.39, 0.29) is 12.2 Å². The first-order valence-electron chi connectivity index (χ1n) is 7.21. The Kier molecular flexibility index (Phi) is 6.07. The molecule has 130 valence electrons. The molecule has 0 aromatic heterocycles. The van der Waals surface area contributed by atoms with Crippen LogP contribution in [0.4, 0.5) is 11.4 Å². The molecule has 2 aromatic rings. The molecule has 2 amide bonds. The van der Waals surface area contributed by atoms with Gasteiger partial charge in [0.25, 0.3) is 17.5 Å². The van der Waals surface area contributed by atoms with Crippen molar-refractivity contribution >= 4 is 39.1 Å². The maximum Gasteiger partial charge on any atom is 0.271 e. The van der Waals surface area contributed by atoms with Gasteiger partial charge in [0.2, 0.25) is 0 Å². The van der Waals surface area contributed by atoms with E-state index >= 15 is 0 Å². The number of nitro groups is 1.